The third-order valence-corrected chi connectivity index (χ3v) is 5.16. The fourth-order valence-corrected chi connectivity index (χ4v) is 3.57. The first-order chi connectivity index (χ1) is 14.3. The number of hydrogen-bond donors (Lipinski definition) is 3. The van der Waals surface area contributed by atoms with E-state index in [0.29, 0.717) is 16.6 Å². The largest absolute Gasteiger partial charge is 0.467 e. The van der Waals surface area contributed by atoms with E-state index in [0.717, 1.165) is 0 Å². The van der Waals surface area contributed by atoms with Gasteiger partial charge in [0.15, 0.2) is 5.82 Å². The summed E-state index contributed by atoms with van der Waals surface area (Å²) in [5, 5.41) is 15.5. The van der Waals surface area contributed by atoms with Crippen molar-refractivity contribution in [3.63, 3.8) is 0 Å². The smallest absolute Gasteiger partial charge is 0.321 e. The molecule has 2 heterocycles. The molecule has 0 spiro atoms. The first kappa shape index (κ1) is 19.7. The van der Waals surface area contributed by atoms with Gasteiger partial charge in [0.1, 0.15) is 21.9 Å². The molecule has 2 aromatic heterocycles. The Morgan fingerprint density at radius 1 is 1.17 bits per heavy atom. The second-order valence-corrected chi connectivity index (χ2v) is 7.78. The van der Waals surface area contributed by atoms with Crippen molar-refractivity contribution < 1.29 is 17.5 Å². The molecule has 4 rings (SSSR count). The second kappa shape index (κ2) is 7.65. The van der Waals surface area contributed by atoms with E-state index in [1.165, 1.54) is 25.3 Å². The number of nitrogens with zero attached hydrogens (tertiary/aromatic N) is 4. The van der Waals surface area contributed by atoms with Gasteiger partial charge in [0, 0.05) is 11.9 Å². The molecule has 2 aromatic carbocycles. The van der Waals surface area contributed by atoms with E-state index < -0.39 is 10.0 Å². The van der Waals surface area contributed by atoms with Gasteiger partial charge >= 0.3 is 6.01 Å². The minimum atomic E-state index is -3.97. The maximum atomic E-state index is 13.4. The van der Waals surface area contributed by atoms with Crippen LogP contribution in [0, 0.1) is 5.82 Å². The van der Waals surface area contributed by atoms with Crippen molar-refractivity contribution in [1.29, 1.82) is 0 Å². The highest BCUT2D eigenvalue weighted by atomic mass is 32.2. The predicted molar refractivity (Wildman–Crippen MR) is 107 cm³/mol. The molecule has 10 nitrogen and oxygen atoms in total. The highest BCUT2D eigenvalue weighted by Gasteiger charge is 2.20. The molecular formula is C18H16FN7O3S. The average molecular weight is 429 g/mol. The van der Waals surface area contributed by atoms with Gasteiger partial charge in [-0.25, -0.2) is 17.9 Å². The van der Waals surface area contributed by atoms with Gasteiger partial charge in [-0.15, -0.1) is 0 Å². The van der Waals surface area contributed by atoms with Crippen LogP contribution in [0.5, 0.6) is 6.01 Å². The van der Waals surface area contributed by atoms with Crippen LogP contribution in [0.3, 0.4) is 0 Å². The summed E-state index contributed by atoms with van der Waals surface area (Å²) in [5.41, 5.74) is 1.23. The number of methoxy groups -OCH3 is 1. The zero-order chi connectivity index (χ0) is 21.3. The van der Waals surface area contributed by atoms with Crippen LogP contribution >= 0.6 is 0 Å². The van der Waals surface area contributed by atoms with Gasteiger partial charge in [0.25, 0.3) is 0 Å². The highest BCUT2D eigenvalue weighted by Crippen LogP contribution is 2.28. The number of nitrogens with one attached hydrogen (secondary N) is 2. The number of ether oxygens (including phenoxy) is 1. The van der Waals surface area contributed by atoms with Gasteiger partial charge in [-0.2, -0.15) is 20.1 Å². The van der Waals surface area contributed by atoms with Crippen molar-refractivity contribution in [1.82, 2.24) is 25.1 Å². The number of anilines is 1. The molecule has 0 amide bonds. The SMILES string of the molecule is COc1nc(NCc2cccc(F)c2)nc(-c2[nH]nc3c(S(N)(=O)=O)cccc23)n1. The number of aromatic nitrogens is 5. The van der Waals surface area contributed by atoms with Crippen LogP contribution in [-0.2, 0) is 16.6 Å². The van der Waals surface area contributed by atoms with Crippen LogP contribution in [0.2, 0.25) is 0 Å². The number of fused-ring (bicyclic) bond motifs is 1. The van der Waals surface area contributed by atoms with Gasteiger partial charge in [0.2, 0.25) is 16.0 Å². The third-order valence-electron chi connectivity index (χ3n) is 4.22. The topological polar surface area (TPSA) is 149 Å². The zero-order valence-corrected chi connectivity index (χ0v) is 16.4. The van der Waals surface area contributed by atoms with E-state index in [2.05, 4.69) is 30.5 Å². The molecule has 0 aliphatic carbocycles. The van der Waals surface area contributed by atoms with Crippen LogP contribution < -0.4 is 15.2 Å². The summed E-state index contributed by atoms with van der Waals surface area (Å²) < 4.78 is 42.2. The molecule has 0 fully saturated rings. The Morgan fingerprint density at radius 3 is 2.70 bits per heavy atom. The van der Waals surface area contributed by atoms with Gasteiger partial charge < -0.3 is 10.1 Å². The molecule has 4 N–H and O–H groups in total. The summed E-state index contributed by atoms with van der Waals surface area (Å²) in [6.07, 6.45) is 0. The minimum Gasteiger partial charge on any atom is -0.467 e. The fourth-order valence-electron chi connectivity index (χ4n) is 2.88. The number of nitrogens with two attached hydrogens (primary N) is 1. The molecule has 4 aromatic rings. The summed E-state index contributed by atoms with van der Waals surface area (Å²) in [6.45, 7) is 0.268. The Morgan fingerprint density at radius 2 is 1.97 bits per heavy atom. The van der Waals surface area contributed by atoms with Crippen LogP contribution in [0.4, 0.5) is 10.3 Å². The summed E-state index contributed by atoms with van der Waals surface area (Å²) >= 11 is 0. The molecule has 12 heteroatoms. The quantitative estimate of drug-likeness (QED) is 0.420. The Bertz CT molecular complexity index is 1340. The van der Waals surface area contributed by atoms with Crippen molar-refractivity contribution in [2.24, 2.45) is 5.14 Å². The number of aromatic amines is 1. The fraction of sp³-hybridized carbons (Fsp3) is 0.111. The minimum absolute atomic E-state index is 0.0343. The number of sulfonamides is 1. The van der Waals surface area contributed by atoms with Gasteiger partial charge in [0.05, 0.1) is 7.11 Å². The number of hydrogen-bond acceptors (Lipinski definition) is 8. The molecule has 0 saturated carbocycles. The maximum Gasteiger partial charge on any atom is 0.321 e. The molecule has 0 unspecified atom stereocenters. The standard InChI is InChI=1S/C18H16FN7O3S/c1-29-18-23-16(22-17(24-18)21-9-10-4-2-5-11(19)8-10)15-12-6-3-7-13(30(20,27)28)14(12)25-26-15/h2-8H,9H2,1H3,(H,25,26)(H2,20,27,28)(H,21,22,23,24). The molecular weight excluding hydrogens is 413 g/mol. The van der Waals surface area contributed by atoms with E-state index in [4.69, 9.17) is 9.88 Å². The van der Waals surface area contributed by atoms with Crippen LogP contribution in [0.15, 0.2) is 47.4 Å². The summed E-state index contributed by atoms with van der Waals surface area (Å²) in [4.78, 5) is 12.6. The summed E-state index contributed by atoms with van der Waals surface area (Å²) in [5.74, 6) is 0.0157. The van der Waals surface area contributed by atoms with Gasteiger partial charge in [-0.1, -0.05) is 24.3 Å². The van der Waals surface area contributed by atoms with E-state index in [1.807, 2.05) is 0 Å². The first-order valence-corrected chi connectivity index (χ1v) is 10.2. The second-order valence-electron chi connectivity index (χ2n) is 6.25. The molecule has 0 bridgehead atoms. The van der Waals surface area contributed by atoms with Crippen molar-refractivity contribution in [2.75, 3.05) is 12.4 Å². The number of H-pyrrole nitrogens is 1. The molecule has 0 saturated heterocycles. The number of benzene rings is 2. The van der Waals surface area contributed by atoms with E-state index in [-0.39, 0.29) is 40.6 Å². The van der Waals surface area contributed by atoms with Crippen LogP contribution in [0.25, 0.3) is 22.4 Å². The lowest BCUT2D eigenvalue weighted by Crippen LogP contribution is -2.12. The lowest BCUT2D eigenvalue weighted by Gasteiger charge is -2.08. The molecule has 0 aliphatic rings. The van der Waals surface area contributed by atoms with Crippen LogP contribution in [-0.4, -0.2) is 40.7 Å². The van der Waals surface area contributed by atoms with E-state index in [9.17, 15) is 12.8 Å². The van der Waals surface area contributed by atoms with Gasteiger partial charge in [-0.05, 0) is 23.8 Å². The maximum absolute atomic E-state index is 13.4. The average Bonchev–Trinajstić information content (AvgIpc) is 3.15. The monoisotopic (exact) mass is 429 g/mol. The Balaban J connectivity index is 1.73. The Labute approximate surface area is 170 Å². The number of halogens is 1. The Hall–Kier alpha value is -3.64. The molecule has 0 atom stereocenters. The molecule has 154 valence electrons. The number of primary sulfonamides is 1. The first-order valence-electron chi connectivity index (χ1n) is 8.64. The molecule has 30 heavy (non-hydrogen) atoms. The summed E-state index contributed by atoms with van der Waals surface area (Å²) in [6, 6.07) is 10.7. The molecule has 0 aliphatic heterocycles. The van der Waals surface area contributed by atoms with E-state index in [1.54, 1.807) is 24.3 Å². The van der Waals surface area contributed by atoms with Crippen LogP contribution in [0.1, 0.15) is 5.56 Å². The Kier molecular flexibility index (Phi) is 5.01. The van der Waals surface area contributed by atoms with Crippen molar-refractivity contribution in [3.05, 3.63) is 53.8 Å². The van der Waals surface area contributed by atoms with Gasteiger partial charge in [-0.3, -0.25) is 5.10 Å². The predicted octanol–water partition coefficient (Wildman–Crippen LogP) is 1.82. The number of rotatable bonds is 6. The third kappa shape index (κ3) is 3.90. The molecule has 0 radical (unpaired) electrons. The van der Waals surface area contributed by atoms with Crippen molar-refractivity contribution in [3.8, 4) is 17.5 Å². The normalized spacial score (nSPS) is 11.6. The lowest BCUT2D eigenvalue weighted by molar-refractivity contribution is 0.379. The van der Waals surface area contributed by atoms with E-state index >= 15 is 0 Å². The van der Waals surface area contributed by atoms with Crippen molar-refractivity contribution in [2.45, 2.75) is 11.4 Å². The van der Waals surface area contributed by atoms with Crippen molar-refractivity contribution >= 4 is 26.9 Å². The zero-order valence-electron chi connectivity index (χ0n) is 15.6. The highest BCUT2D eigenvalue weighted by molar-refractivity contribution is 7.89. The lowest BCUT2D eigenvalue weighted by atomic mass is 10.2. The number of para-hydroxylation sites is 1. The summed E-state index contributed by atoms with van der Waals surface area (Å²) in [7, 11) is -2.56.